The Kier molecular flexibility index (Phi) is 3.99. The molecule has 120 valence electrons. The number of sulfonamides is 1. The third-order valence-electron chi connectivity index (χ3n) is 3.38. The number of aromatic nitrogens is 2. The molecule has 1 atom stereocenters. The number of aryl methyl sites for hydroxylation is 1. The summed E-state index contributed by atoms with van der Waals surface area (Å²) in [4.78, 5) is 3.92. The molecule has 22 heavy (non-hydrogen) atoms. The first kappa shape index (κ1) is 16.2. The maximum Gasteiger partial charge on any atom is 0.260 e. The van der Waals surface area contributed by atoms with Crippen LogP contribution in [0.5, 0.6) is 0 Å². The van der Waals surface area contributed by atoms with Crippen LogP contribution in [0.2, 0.25) is 8.67 Å². The fourth-order valence-corrected chi connectivity index (χ4v) is 5.87. The molecule has 1 unspecified atom stereocenters. The average Bonchev–Trinajstić information content (AvgIpc) is 3.10. The van der Waals surface area contributed by atoms with Gasteiger partial charge in [0.15, 0.2) is 11.4 Å². The molecule has 2 aromatic rings. The Morgan fingerprint density at radius 1 is 1.50 bits per heavy atom. The van der Waals surface area contributed by atoms with E-state index < -0.39 is 15.6 Å². The topological polar surface area (TPSA) is 96.5 Å². The van der Waals surface area contributed by atoms with Gasteiger partial charge in [-0.3, -0.25) is 0 Å². The lowest BCUT2D eigenvalue weighted by molar-refractivity contribution is 0.0194. The summed E-state index contributed by atoms with van der Waals surface area (Å²) in [6.07, 6.45) is 0.156. The molecule has 0 bridgehead atoms. The predicted molar refractivity (Wildman–Crippen MR) is 80.6 cm³/mol. The van der Waals surface area contributed by atoms with Crippen LogP contribution < -0.4 is 0 Å². The van der Waals surface area contributed by atoms with E-state index in [-0.39, 0.29) is 39.0 Å². The van der Waals surface area contributed by atoms with Crippen molar-refractivity contribution in [1.82, 2.24) is 14.4 Å². The molecular formula is C11H11Cl2N3O4S2. The molecule has 0 amide bonds. The Morgan fingerprint density at radius 3 is 2.77 bits per heavy atom. The van der Waals surface area contributed by atoms with Crippen molar-refractivity contribution >= 4 is 44.6 Å². The summed E-state index contributed by atoms with van der Waals surface area (Å²) in [5, 5.41) is 14.2. The molecular weight excluding hydrogens is 373 g/mol. The van der Waals surface area contributed by atoms with Gasteiger partial charge in [-0.15, -0.1) is 11.3 Å². The van der Waals surface area contributed by atoms with E-state index in [2.05, 4.69) is 10.1 Å². The highest BCUT2D eigenvalue weighted by molar-refractivity contribution is 7.89. The summed E-state index contributed by atoms with van der Waals surface area (Å²) < 4.78 is 31.7. The van der Waals surface area contributed by atoms with Crippen LogP contribution in [0.1, 0.15) is 18.1 Å². The van der Waals surface area contributed by atoms with E-state index in [1.165, 1.54) is 6.07 Å². The van der Waals surface area contributed by atoms with E-state index in [1.807, 2.05) is 0 Å². The first-order valence-corrected chi connectivity index (χ1v) is 9.22. The molecule has 0 radical (unpaired) electrons. The number of thiophene rings is 1. The molecule has 0 aromatic carbocycles. The lowest BCUT2D eigenvalue weighted by atomic mass is 10.0. The summed E-state index contributed by atoms with van der Waals surface area (Å²) >= 11 is 12.7. The minimum absolute atomic E-state index is 0.0112. The van der Waals surface area contributed by atoms with Gasteiger partial charge in [0.25, 0.3) is 5.89 Å². The fraction of sp³-hybridized carbons (Fsp3) is 0.455. The quantitative estimate of drug-likeness (QED) is 0.870. The van der Waals surface area contributed by atoms with Crippen LogP contribution in [0.25, 0.3) is 0 Å². The molecule has 1 saturated heterocycles. The van der Waals surface area contributed by atoms with Gasteiger partial charge in [0, 0.05) is 13.0 Å². The molecule has 1 aliphatic rings. The molecule has 0 saturated carbocycles. The van der Waals surface area contributed by atoms with Crippen molar-refractivity contribution in [1.29, 1.82) is 0 Å². The minimum Gasteiger partial charge on any atom is -0.379 e. The van der Waals surface area contributed by atoms with Gasteiger partial charge in [-0.05, 0) is 13.0 Å². The average molecular weight is 384 g/mol. The largest absolute Gasteiger partial charge is 0.379 e. The number of hydrogen-bond donors (Lipinski definition) is 1. The number of rotatable bonds is 3. The first-order valence-electron chi connectivity index (χ1n) is 6.20. The molecule has 2 aromatic heterocycles. The summed E-state index contributed by atoms with van der Waals surface area (Å²) in [7, 11) is -3.84. The van der Waals surface area contributed by atoms with Gasteiger partial charge in [-0.2, -0.15) is 9.29 Å². The highest BCUT2D eigenvalue weighted by Crippen LogP contribution is 2.39. The van der Waals surface area contributed by atoms with Crippen LogP contribution in [-0.4, -0.2) is 41.1 Å². The Labute approximate surface area is 140 Å². The van der Waals surface area contributed by atoms with Crippen LogP contribution >= 0.6 is 34.5 Å². The van der Waals surface area contributed by atoms with Crippen molar-refractivity contribution in [3.63, 3.8) is 0 Å². The number of nitrogens with zero attached hydrogens (tertiary/aromatic N) is 3. The van der Waals surface area contributed by atoms with E-state index >= 15 is 0 Å². The standard InChI is InChI=1S/C11H11Cl2N3O4S2/c1-6-14-10(20-15-6)11(17)2-3-16(5-11)22(18,19)7-4-8(12)21-9(7)13/h4,17H,2-3,5H2,1H3. The lowest BCUT2D eigenvalue weighted by Crippen LogP contribution is -2.34. The van der Waals surface area contributed by atoms with E-state index in [9.17, 15) is 13.5 Å². The maximum absolute atomic E-state index is 12.6. The van der Waals surface area contributed by atoms with Gasteiger partial charge in [0.2, 0.25) is 10.0 Å². The number of hydrogen-bond acceptors (Lipinski definition) is 7. The SMILES string of the molecule is Cc1noc(C2(O)CCN(S(=O)(=O)c3cc(Cl)sc3Cl)C2)n1. The van der Waals surface area contributed by atoms with Crippen molar-refractivity contribution in [3.8, 4) is 0 Å². The second-order valence-electron chi connectivity index (χ2n) is 4.96. The summed E-state index contributed by atoms with van der Waals surface area (Å²) in [6.45, 7) is 1.55. The predicted octanol–water partition coefficient (Wildman–Crippen LogP) is 2.03. The Morgan fingerprint density at radius 2 is 2.23 bits per heavy atom. The number of aliphatic hydroxyl groups is 1. The number of halogens is 2. The second-order valence-corrected chi connectivity index (χ2v) is 9.15. The minimum atomic E-state index is -3.84. The number of β-amino-alcohol motifs (C(OH)–C–C–N with tert-alkyl or cyclic N) is 1. The Hall–Kier alpha value is -0.710. The van der Waals surface area contributed by atoms with Crippen molar-refractivity contribution in [2.75, 3.05) is 13.1 Å². The zero-order valence-electron chi connectivity index (χ0n) is 11.3. The molecule has 1 aliphatic heterocycles. The molecule has 3 rings (SSSR count). The summed E-state index contributed by atoms with van der Waals surface area (Å²) in [6, 6.07) is 1.30. The summed E-state index contributed by atoms with van der Waals surface area (Å²) in [5.41, 5.74) is -1.50. The van der Waals surface area contributed by atoms with Crippen LogP contribution in [-0.2, 0) is 15.6 Å². The van der Waals surface area contributed by atoms with Crippen molar-refractivity contribution in [3.05, 3.63) is 26.5 Å². The van der Waals surface area contributed by atoms with Crippen LogP contribution in [0.15, 0.2) is 15.5 Å². The maximum atomic E-state index is 12.6. The van der Waals surface area contributed by atoms with Gasteiger partial charge in [-0.1, -0.05) is 28.4 Å². The normalized spacial score (nSPS) is 23.3. The summed E-state index contributed by atoms with van der Waals surface area (Å²) in [5.74, 6) is 0.384. The van der Waals surface area contributed by atoms with E-state index in [4.69, 9.17) is 27.7 Å². The molecule has 0 aliphatic carbocycles. The van der Waals surface area contributed by atoms with Gasteiger partial charge < -0.3 is 9.63 Å². The highest BCUT2D eigenvalue weighted by Gasteiger charge is 2.47. The molecule has 1 N–H and O–H groups in total. The monoisotopic (exact) mass is 383 g/mol. The fourth-order valence-electron chi connectivity index (χ4n) is 2.27. The van der Waals surface area contributed by atoms with Crippen LogP contribution in [0.4, 0.5) is 0 Å². The molecule has 3 heterocycles. The van der Waals surface area contributed by atoms with E-state index in [1.54, 1.807) is 6.92 Å². The van der Waals surface area contributed by atoms with E-state index in [0.29, 0.717) is 5.82 Å². The lowest BCUT2D eigenvalue weighted by Gasteiger charge is -2.19. The van der Waals surface area contributed by atoms with E-state index in [0.717, 1.165) is 15.6 Å². The van der Waals surface area contributed by atoms with Gasteiger partial charge in [0.05, 0.1) is 10.9 Å². The highest BCUT2D eigenvalue weighted by atomic mass is 35.5. The third kappa shape index (κ3) is 2.66. The first-order chi connectivity index (χ1) is 10.2. The van der Waals surface area contributed by atoms with Gasteiger partial charge in [-0.25, -0.2) is 8.42 Å². The zero-order chi connectivity index (χ0) is 16.1. The van der Waals surface area contributed by atoms with Crippen LogP contribution in [0, 0.1) is 6.92 Å². The molecule has 1 fully saturated rings. The molecule has 0 spiro atoms. The van der Waals surface area contributed by atoms with Gasteiger partial charge >= 0.3 is 0 Å². The van der Waals surface area contributed by atoms with Crippen molar-refractivity contribution in [2.45, 2.75) is 23.8 Å². The Balaban J connectivity index is 1.90. The molecule has 7 nitrogen and oxygen atoms in total. The smallest absolute Gasteiger partial charge is 0.260 e. The second kappa shape index (κ2) is 5.43. The van der Waals surface area contributed by atoms with Gasteiger partial charge in [0.1, 0.15) is 9.23 Å². The van der Waals surface area contributed by atoms with Crippen LogP contribution in [0.3, 0.4) is 0 Å². The third-order valence-corrected chi connectivity index (χ3v) is 6.98. The molecule has 11 heteroatoms. The van der Waals surface area contributed by atoms with Crippen molar-refractivity contribution in [2.24, 2.45) is 0 Å². The Bertz CT molecular complexity index is 819. The zero-order valence-corrected chi connectivity index (χ0v) is 14.4. The van der Waals surface area contributed by atoms with Crippen molar-refractivity contribution < 1.29 is 18.0 Å².